The van der Waals surface area contributed by atoms with E-state index in [-0.39, 0.29) is 6.03 Å². The molecule has 0 aliphatic carbocycles. The average molecular weight is 289 g/mol. The van der Waals surface area contributed by atoms with Crippen molar-refractivity contribution in [2.75, 3.05) is 25.0 Å². The van der Waals surface area contributed by atoms with Crippen molar-refractivity contribution >= 4 is 11.7 Å². The molecule has 0 bridgehead atoms. The predicted octanol–water partition coefficient (Wildman–Crippen LogP) is 3.38. The topological polar surface area (TPSA) is 44.4 Å². The number of aryl methyl sites for hydroxylation is 1. The second-order valence-corrected chi connectivity index (χ2v) is 5.89. The number of benzene rings is 1. The molecule has 1 heterocycles. The summed E-state index contributed by atoms with van der Waals surface area (Å²) >= 11 is 0. The zero-order chi connectivity index (χ0) is 15.1. The normalized spacial score (nSPS) is 17.7. The minimum absolute atomic E-state index is 0.0148. The maximum absolute atomic E-state index is 12.5. The Morgan fingerprint density at radius 1 is 1.38 bits per heavy atom. The zero-order valence-corrected chi connectivity index (χ0v) is 13.2. The highest BCUT2D eigenvalue weighted by Gasteiger charge is 2.21. The van der Waals surface area contributed by atoms with Crippen LogP contribution in [0, 0.1) is 6.92 Å². The van der Waals surface area contributed by atoms with Gasteiger partial charge in [-0.15, -0.1) is 0 Å². The van der Waals surface area contributed by atoms with Gasteiger partial charge in [0.15, 0.2) is 0 Å². The van der Waals surface area contributed by atoms with Crippen LogP contribution in [0.1, 0.15) is 38.2 Å². The minimum atomic E-state index is 0.0148. The molecule has 1 aromatic rings. The second kappa shape index (κ2) is 8.03. The molecule has 1 unspecified atom stereocenters. The first-order valence-corrected chi connectivity index (χ1v) is 8.05. The van der Waals surface area contributed by atoms with E-state index >= 15 is 0 Å². The van der Waals surface area contributed by atoms with Crippen LogP contribution in [-0.2, 0) is 0 Å². The highest BCUT2D eigenvalue weighted by molar-refractivity contribution is 5.89. The molecule has 21 heavy (non-hydrogen) atoms. The van der Waals surface area contributed by atoms with Gasteiger partial charge in [0.2, 0.25) is 0 Å². The number of urea groups is 1. The van der Waals surface area contributed by atoms with E-state index in [1.165, 1.54) is 18.4 Å². The van der Waals surface area contributed by atoms with Gasteiger partial charge < -0.3 is 15.5 Å². The average Bonchev–Trinajstić information content (AvgIpc) is 2.98. The highest BCUT2D eigenvalue weighted by Crippen LogP contribution is 2.12. The third kappa shape index (κ3) is 5.05. The number of amides is 2. The van der Waals surface area contributed by atoms with E-state index in [0.29, 0.717) is 6.04 Å². The lowest BCUT2D eigenvalue weighted by atomic mass is 10.2. The van der Waals surface area contributed by atoms with Crippen molar-refractivity contribution in [3.8, 4) is 0 Å². The first-order valence-electron chi connectivity index (χ1n) is 8.05. The summed E-state index contributed by atoms with van der Waals surface area (Å²) in [4.78, 5) is 14.4. The van der Waals surface area contributed by atoms with Gasteiger partial charge in [0.25, 0.3) is 0 Å². The molecular formula is C17H27N3O. The van der Waals surface area contributed by atoms with Crippen LogP contribution in [-0.4, -0.2) is 36.6 Å². The fourth-order valence-corrected chi connectivity index (χ4v) is 2.64. The number of anilines is 1. The summed E-state index contributed by atoms with van der Waals surface area (Å²) in [6.45, 7) is 6.91. The summed E-state index contributed by atoms with van der Waals surface area (Å²) in [7, 11) is 0. The number of hydrogen-bond donors (Lipinski definition) is 2. The van der Waals surface area contributed by atoms with Crippen molar-refractivity contribution in [3.05, 3.63) is 29.8 Å². The number of hydrogen-bond acceptors (Lipinski definition) is 2. The Balaban J connectivity index is 1.93. The van der Waals surface area contributed by atoms with Gasteiger partial charge in [-0.1, -0.05) is 31.0 Å². The molecule has 4 nitrogen and oxygen atoms in total. The fourth-order valence-electron chi connectivity index (χ4n) is 2.64. The third-order valence-electron chi connectivity index (χ3n) is 3.97. The van der Waals surface area contributed by atoms with E-state index in [1.807, 2.05) is 36.1 Å². The largest absolute Gasteiger partial charge is 0.323 e. The summed E-state index contributed by atoms with van der Waals surface area (Å²) in [5, 5.41) is 6.48. The summed E-state index contributed by atoms with van der Waals surface area (Å²) in [6, 6.07) is 8.42. The molecule has 1 atom stereocenters. The van der Waals surface area contributed by atoms with E-state index in [0.717, 1.165) is 38.2 Å². The third-order valence-corrected chi connectivity index (χ3v) is 3.97. The van der Waals surface area contributed by atoms with Crippen LogP contribution < -0.4 is 10.6 Å². The van der Waals surface area contributed by atoms with Crippen LogP contribution in [0.2, 0.25) is 0 Å². The Morgan fingerprint density at radius 3 is 2.76 bits per heavy atom. The molecule has 2 amide bonds. The zero-order valence-electron chi connectivity index (χ0n) is 13.2. The summed E-state index contributed by atoms with van der Waals surface area (Å²) in [5.41, 5.74) is 2.07. The highest BCUT2D eigenvalue weighted by atomic mass is 16.2. The molecule has 2 N–H and O–H groups in total. The number of nitrogens with zero attached hydrogens (tertiary/aromatic N) is 1. The first-order chi connectivity index (χ1) is 10.2. The van der Waals surface area contributed by atoms with E-state index in [9.17, 15) is 4.79 Å². The Hall–Kier alpha value is -1.55. The summed E-state index contributed by atoms with van der Waals surface area (Å²) in [5.74, 6) is 0. The smallest absolute Gasteiger partial charge is 0.321 e. The molecule has 1 aromatic carbocycles. The first kappa shape index (κ1) is 15.8. The Bertz CT molecular complexity index is 438. The fraction of sp³-hybridized carbons (Fsp3) is 0.588. The lowest BCUT2D eigenvalue weighted by Crippen LogP contribution is -2.43. The number of carbonyl (C=O) groups excluding carboxylic acids is 1. The lowest BCUT2D eigenvalue weighted by Gasteiger charge is -2.26. The minimum Gasteiger partial charge on any atom is -0.323 e. The SMILES string of the molecule is CCCCN(CC1CCCN1)C(=O)Nc1ccc(C)cc1. The van der Waals surface area contributed by atoms with Crippen molar-refractivity contribution in [1.29, 1.82) is 0 Å². The van der Waals surface area contributed by atoms with Crippen LogP contribution in [0.5, 0.6) is 0 Å². The van der Waals surface area contributed by atoms with Crippen LogP contribution in [0.4, 0.5) is 10.5 Å². The van der Waals surface area contributed by atoms with Gasteiger partial charge in [-0.3, -0.25) is 0 Å². The number of rotatable bonds is 6. The molecule has 0 aromatic heterocycles. The number of nitrogens with one attached hydrogen (secondary N) is 2. The van der Waals surface area contributed by atoms with Crippen LogP contribution in [0.3, 0.4) is 0 Å². The van der Waals surface area contributed by atoms with Crippen molar-refractivity contribution in [1.82, 2.24) is 10.2 Å². The van der Waals surface area contributed by atoms with Crippen LogP contribution >= 0.6 is 0 Å². The van der Waals surface area contributed by atoms with Crippen molar-refractivity contribution in [2.45, 2.75) is 45.6 Å². The molecule has 116 valence electrons. The van der Waals surface area contributed by atoms with Gasteiger partial charge in [0.05, 0.1) is 0 Å². The van der Waals surface area contributed by atoms with Crippen LogP contribution in [0.15, 0.2) is 24.3 Å². The Kier molecular flexibility index (Phi) is 6.05. The molecular weight excluding hydrogens is 262 g/mol. The molecule has 4 heteroatoms. The quantitative estimate of drug-likeness (QED) is 0.843. The van der Waals surface area contributed by atoms with Gasteiger partial charge in [-0.2, -0.15) is 0 Å². The van der Waals surface area contributed by atoms with E-state index in [4.69, 9.17) is 0 Å². The molecule has 2 rings (SSSR count). The van der Waals surface area contributed by atoms with Crippen LogP contribution in [0.25, 0.3) is 0 Å². The van der Waals surface area contributed by atoms with Gasteiger partial charge in [-0.05, 0) is 44.9 Å². The molecule has 1 aliphatic rings. The lowest BCUT2D eigenvalue weighted by molar-refractivity contribution is 0.205. The van der Waals surface area contributed by atoms with Crippen molar-refractivity contribution in [2.24, 2.45) is 0 Å². The van der Waals surface area contributed by atoms with E-state index in [2.05, 4.69) is 17.6 Å². The van der Waals surface area contributed by atoms with Gasteiger partial charge in [0.1, 0.15) is 0 Å². The van der Waals surface area contributed by atoms with Crippen molar-refractivity contribution in [3.63, 3.8) is 0 Å². The van der Waals surface area contributed by atoms with Gasteiger partial charge in [-0.25, -0.2) is 4.79 Å². The number of unbranched alkanes of at least 4 members (excludes halogenated alkanes) is 1. The van der Waals surface area contributed by atoms with Gasteiger partial charge >= 0.3 is 6.03 Å². The second-order valence-electron chi connectivity index (χ2n) is 5.89. The standard InChI is InChI=1S/C17H27N3O/c1-3-4-12-20(13-16-6-5-11-18-16)17(21)19-15-9-7-14(2)8-10-15/h7-10,16,18H,3-6,11-13H2,1-2H3,(H,19,21). The molecule has 1 saturated heterocycles. The number of carbonyl (C=O) groups is 1. The van der Waals surface area contributed by atoms with Gasteiger partial charge in [0, 0.05) is 24.8 Å². The monoisotopic (exact) mass is 289 g/mol. The van der Waals surface area contributed by atoms with E-state index < -0.39 is 0 Å². The molecule has 0 saturated carbocycles. The Morgan fingerprint density at radius 2 is 2.14 bits per heavy atom. The maximum Gasteiger partial charge on any atom is 0.321 e. The summed E-state index contributed by atoms with van der Waals surface area (Å²) < 4.78 is 0. The van der Waals surface area contributed by atoms with Crippen molar-refractivity contribution < 1.29 is 4.79 Å². The molecule has 1 aliphatic heterocycles. The van der Waals surface area contributed by atoms with E-state index in [1.54, 1.807) is 0 Å². The molecule has 1 fully saturated rings. The predicted molar refractivity (Wildman–Crippen MR) is 87.7 cm³/mol. The maximum atomic E-state index is 12.5. The molecule has 0 spiro atoms. The summed E-state index contributed by atoms with van der Waals surface area (Å²) in [6.07, 6.45) is 4.53. The molecule has 0 radical (unpaired) electrons. The Labute approximate surface area is 127 Å².